The van der Waals surface area contributed by atoms with E-state index in [4.69, 9.17) is 0 Å². The molecule has 0 bridgehead atoms. The number of hydrogen-bond acceptors (Lipinski definition) is 1. The fourth-order valence-electron chi connectivity index (χ4n) is 0.854. The third kappa shape index (κ3) is 7.96. The molecule has 0 aliphatic heterocycles. The minimum Gasteiger partial charge on any atom is -0.320 e. The molecule has 0 unspecified atom stereocenters. The largest absolute Gasteiger partial charge is 0.320 e. The summed E-state index contributed by atoms with van der Waals surface area (Å²) in [6.07, 6.45) is 4.08. The highest BCUT2D eigenvalue weighted by molar-refractivity contribution is 4.47. The van der Waals surface area contributed by atoms with Crippen molar-refractivity contribution < 1.29 is 1.43 Å². The third-order valence-corrected chi connectivity index (χ3v) is 1.46. The molecule has 0 spiro atoms. The Morgan fingerprint density at radius 3 is 2.44 bits per heavy atom. The summed E-state index contributed by atoms with van der Waals surface area (Å²) in [5, 5.41) is 3.14. The van der Waals surface area contributed by atoms with Crippen LogP contribution in [0.2, 0.25) is 0 Å². The van der Waals surface area contributed by atoms with E-state index in [0.29, 0.717) is 0 Å². The molecular weight excluding hydrogens is 110 g/mol. The van der Waals surface area contributed by atoms with Gasteiger partial charge < -0.3 is 5.32 Å². The molecule has 0 aliphatic carbocycles. The summed E-state index contributed by atoms with van der Waals surface area (Å²) in [4.78, 5) is 0. The molecule has 0 fully saturated rings. The van der Waals surface area contributed by atoms with Crippen molar-refractivity contribution in [1.82, 2.24) is 5.32 Å². The predicted molar refractivity (Wildman–Crippen MR) is 44.7 cm³/mol. The molecule has 0 saturated carbocycles. The Kier molecular flexibility index (Phi) is 6.06. The van der Waals surface area contributed by atoms with Gasteiger partial charge in [-0.05, 0) is 25.9 Å². The van der Waals surface area contributed by atoms with E-state index >= 15 is 0 Å². The van der Waals surface area contributed by atoms with Crippen molar-refractivity contribution in [2.75, 3.05) is 13.6 Å². The summed E-state index contributed by atoms with van der Waals surface area (Å²) in [5.74, 6) is 0.877. The summed E-state index contributed by atoms with van der Waals surface area (Å²) >= 11 is 0. The van der Waals surface area contributed by atoms with Crippen molar-refractivity contribution in [2.24, 2.45) is 5.92 Å². The van der Waals surface area contributed by atoms with Crippen molar-refractivity contribution in [2.45, 2.75) is 33.1 Å². The Balaban J connectivity index is 0. The third-order valence-electron chi connectivity index (χ3n) is 1.46. The molecule has 0 aromatic carbocycles. The van der Waals surface area contributed by atoms with Crippen LogP contribution in [0.3, 0.4) is 0 Å². The second-order valence-electron chi connectivity index (χ2n) is 2.99. The summed E-state index contributed by atoms with van der Waals surface area (Å²) in [5.41, 5.74) is 0. The zero-order valence-corrected chi connectivity index (χ0v) is 6.91. The van der Waals surface area contributed by atoms with Crippen LogP contribution < -0.4 is 5.32 Å². The van der Waals surface area contributed by atoms with Gasteiger partial charge in [0.05, 0.1) is 0 Å². The molecule has 0 saturated heterocycles. The van der Waals surface area contributed by atoms with Gasteiger partial charge in [0.25, 0.3) is 0 Å². The number of rotatable bonds is 5. The van der Waals surface area contributed by atoms with Crippen LogP contribution in [-0.4, -0.2) is 13.6 Å². The number of unbranched alkanes of at least 4 members (excludes halogenated alkanes) is 1. The minimum absolute atomic E-state index is 0. The monoisotopic (exact) mass is 131 g/mol. The van der Waals surface area contributed by atoms with Gasteiger partial charge in [-0.25, -0.2) is 0 Å². The standard InChI is InChI=1S/C8H19N.H2/c1-8(2)6-4-5-7-9-3;/h8-9H,4-7H2,1-3H3;1H. The van der Waals surface area contributed by atoms with E-state index in [-0.39, 0.29) is 1.43 Å². The lowest BCUT2D eigenvalue weighted by atomic mass is 10.1. The maximum Gasteiger partial charge on any atom is 0 e. The average molecular weight is 131 g/mol. The van der Waals surface area contributed by atoms with Crippen molar-refractivity contribution in [3.05, 3.63) is 0 Å². The van der Waals surface area contributed by atoms with Crippen LogP contribution >= 0.6 is 0 Å². The Bertz CT molecular complexity index is 55.2. The van der Waals surface area contributed by atoms with Gasteiger partial charge in [0.1, 0.15) is 0 Å². The van der Waals surface area contributed by atoms with Gasteiger partial charge in [0, 0.05) is 1.43 Å². The molecule has 0 atom stereocenters. The van der Waals surface area contributed by atoms with Crippen LogP contribution in [0.1, 0.15) is 34.5 Å². The lowest BCUT2D eigenvalue weighted by Gasteiger charge is -2.02. The summed E-state index contributed by atoms with van der Waals surface area (Å²) < 4.78 is 0. The van der Waals surface area contributed by atoms with Crippen molar-refractivity contribution in [1.29, 1.82) is 0 Å². The maximum atomic E-state index is 3.14. The van der Waals surface area contributed by atoms with E-state index in [9.17, 15) is 0 Å². The fourth-order valence-corrected chi connectivity index (χ4v) is 0.854. The molecule has 0 radical (unpaired) electrons. The first kappa shape index (κ1) is 8.96. The van der Waals surface area contributed by atoms with Gasteiger partial charge in [-0.1, -0.05) is 26.7 Å². The van der Waals surface area contributed by atoms with Gasteiger partial charge in [0.2, 0.25) is 0 Å². The Hall–Kier alpha value is -0.0400. The first-order valence-electron chi connectivity index (χ1n) is 3.92. The molecule has 1 N–H and O–H groups in total. The van der Waals surface area contributed by atoms with Crippen molar-refractivity contribution in [3.63, 3.8) is 0 Å². The Morgan fingerprint density at radius 1 is 1.33 bits per heavy atom. The maximum absolute atomic E-state index is 3.14. The molecule has 1 nitrogen and oxygen atoms in total. The van der Waals surface area contributed by atoms with Crippen molar-refractivity contribution >= 4 is 0 Å². The molecule has 0 rings (SSSR count). The Morgan fingerprint density at radius 2 is 2.00 bits per heavy atom. The van der Waals surface area contributed by atoms with E-state index in [2.05, 4.69) is 19.2 Å². The predicted octanol–water partition coefficient (Wildman–Crippen LogP) is 2.28. The van der Waals surface area contributed by atoms with Crippen LogP contribution in [0.25, 0.3) is 0 Å². The van der Waals surface area contributed by atoms with Crippen LogP contribution in [0, 0.1) is 5.92 Å². The Labute approximate surface area is 60.3 Å². The zero-order chi connectivity index (χ0) is 7.11. The lowest BCUT2D eigenvalue weighted by molar-refractivity contribution is 0.530. The van der Waals surface area contributed by atoms with E-state index in [1.165, 1.54) is 25.8 Å². The molecule has 0 amide bonds. The van der Waals surface area contributed by atoms with Crippen LogP contribution in [0.5, 0.6) is 0 Å². The number of hydrogen-bond donors (Lipinski definition) is 1. The molecule has 9 heavy (non-hydrogen) atoms. The van der Waals surface area contributed by atoms with Crippen LogP contribution in [0.4, 0.5) is 0 Å². The molecule has 58 valence electrons. The minimum atomic E-state index is 0. The first-order chi connectivity index (χ1) is 4.27. The zero-order valence-electron chi connectivity index (χ0n) is 6.91. The van der Waals surface area contributed by atoms with E-state index < -0.39 is 0 Å². The van der Waals surface area contributed by atoms with Crippen LogP contribution in [0.15, 0.2) is 0 Å². The van der Waals surface area contributed by atoms with E-state index in [1.54, 1.807) is 0 Å². The average Bonchev–Trinajstić information content (AvgIpc) is 1.80. The quantitative estimate of drug-likeness (QED) is 0.564. The topological polar surface area (TPSA) is 12.0 Å². The molecule has 0 heterocycles. The number of nitrogens with one attached hydrogen (secondary N) is 1. The SMILES string of the molecule is CNCCCCC(C)C.[HH]. The van der Waals surface area contributed by atoms with Gasteiger partial charge in [0.15, 0.2) is 0 Å². The van der Waals surface area contributed by atoms with Gasteiger partial charge in [-0.15, -0.1) is 0 Å². The summed E-state index contributed by atoms with van der Waals surface area (Å²) in [6.45, 7) is 5.73. The molecular formula is C8H21N. The molecule has 0 aliphatic rings. The highest BCUT2D eigenvalue weighted by Crippen LogP contribution is 2.04. The summed E-state index contributed by atoms with van der Waals surface area (Å²) in [6, 6.07) is 0. The van der Waals surface area contributed by atoms with Gasteiger partial charge in [-0.3, -0.25) is 0 Å². The van der Waals surface area contributed by atoms with Crippen molar-refractivity contribution in [3.8, 4) is 0 Å². The van der Waals surface area contributed by atoms with Gasteiger partial charge in [-0.2, -0.15) is 0 Å². The first-order valence-corrected chi connectivity index (χ1v) is 3.92. The van der Waals surface area contributed by atoms with Crippen LogP contribution in [-0.2, 0) is 0 Å². The lowest BCUT2D eigenvalue weighted by Crippen LogP contribution is -2.07. The second kappa shape index (κ2) is 6.09. The fraction of sp³-hybridized carbons (Fsp3) is 1.00. The molecule has 0 aromatic rings. The van der Waals surface area contributed by atoms with E-state index in [1.807, 2.05) is 7.05 Å². The molecule has 0 aromatic heterocycles. The summed E-state index contributed by atoms with van der Waals surface area (Å²) in [7, 11) is 2.01. The smallest absolute Gasteiger partial charge is 0 e. The van der Waals surface area contributed by atoms with Gasteiger partial charge >= 0.3 is 0 Å². The normalized spacial score (nSPS) is 10.7. The highest BCUT2D eigenvalue weighted by atomic mass is 14.8. The highest BCUT2D eigenvalue weighted by Gasteiger charge is 1.91. The van der Waals surface area contributed by atoms with E-state index in [0.717, 1.165) is 5.92 Å². The molecule has 1 heteroatoms. The second-order valence-corrected chi connectivity index (χ2v) is 2.99.